The molecule has 0 fully saturated rings. The van der Waals surface area contributed by atoms with E-state index in [1.165, 1.54) is 14.2 Å². The molecular weight excluding hydrogens is 352 g/mol. The van der Waals surface area contributed by atoms with E-state index in [9.17, 15) is 9.59 Å². The van der Waals surface area contributed by atoms with Gasteiger partial charge in [0.25, 0.3) is 0 Å². The van der Waals surface area contributed by atoms with Crippen LogP contribution >= 0.6 is 11.6 Å². The Kier molecular flexibility index (Phi) is 4.83. The highest BCUT2D eigenvalue weighted by Crippen LogP contribution is 2.59. The lowest BCUT2D eigenvalue weighted by molar-refractivity contribution is -0.159. The van der Waals surface area contributed by atoms with Gasteiger partial charge in [-0.05, 0) is 29.8 Å². The number of carbonyl (C=O) groups excluding carboxylic acids is 2. The van der Waals surface area contributed by atoms with Crippen molar-refractivity contribution in [1.82, 2.24) is 0 Å². The summed E-state index contributed by atoms with van der Waals surface area (Å²) < 4.78 is 9.77. The third-order valence-corrected chi connectivity index (χ3v) is 4.41. The van der Waals surface area contributed by atoms with Crippen LogP contribution in [-0.4, -0.2) is 26.2 Å². The molecule has 0 radical (unpaired) electrons. The Balaban J connectivity index is 2.12. The molecule has 2 aromatic carbocycles. The van der Waals surface area contributed by atoms with E-state index in [1.54, 1.807) is 24.3 Å². The van der Waals surface area contributed by atoms with Crippen LogP contribution < -0.4 is 0 Å². The van der Waals surface area contributed by atoms with E-state index in [2.05, 4.69) is 11.8 Å². The van der Waals surface area contributed by atoms with Crippen molar-refractivity contribution >= 4 is 29.1 Å². The second kappa shape index (κ2) is 7.07. The fourth-order valence-electron chi connectivity index (χ4n) is 2.87. The maximum absolute atomic E-state index is 12.5. The summed E-state index contributed by atoms with van der Waals surface area (Å²) in [6, 6.07) is 16.1. The maximum atomic E-state index is 12.5. The third-order valence-electron chi connectivity index (χ3n) is 4.16. The van der Waals surface area contributed by atoms with Crippen molar-refractivity contribution < 1.29 is 19.1 Å². The van der Waals surface area contributed by atoms with Crippen molar-refractivity contribution in [3.05, 3.63) is 76.3 Å². The van der Waals surface area contributed by atoms with Crippen molar-refractivity contribution in [2.45, 2.75) is 0 Å². The number of methoxy groups -OCH3 is 2. The lowest BCUT2D eigenvalue weighted by atomic mass is 9.94. The number of benzene rings is 2. The predicted octanol–water partition coefficient (Wildman–Crippen LogP) is 3.49. The Hall–Kier alpha value is -3.03. The van der Waals surface area contributed by atoms with E-state index in [0.717, 1.165) is 5.56 Å². The highest BCUT2D eigenvalue weighted by molar-refractivity contribution is 6.31. The highest BCUT2D eigenvalue weighted by Gasteiger charge is 2.67. The van der Waals surface area contributed by atoms with Crippen molar-refractivity contribution in [2.75, 3.05) is 14.2 Å². The topological polar surface area (TPSA) is 52.6 Å². The lowest BCUT2D eigenvalue weighted by Crippen LogP contribution is -2.32. The van der Waals surface area contributed by atoms with Crippen LogP contribution in [0.1, 0.15) is 11.1 Å². The first-order valence-electron chi connectivity index (χ1n) is 7.80. The van der Waals surface area contributed by atoms with Crippen LogP contribution in [0.4, 0.5) is 0 Å². The van der Waals surface area contributed by atoms with Gasteiger partial charge in [-0.2, -0.15) is 0 Å². The third kappa shape index (κ3) is 2.87. The molecule has 0 saturated heterocycles. The standard InChI is InChI=1S/C21H15ClO4/c1-25-19(23)21(20(24)26-2)17(13-8-14-6-4-3-5-7-14)18(21)15-9-11-16(22)12-10-15/h3-7,9-12H,1-2H3. The summed E-state index contributed by atoms with van der Waals surface area (Å²) in [6.45, 7) is 0. The van der Waals surface area contributed by atoms with Crippen LogP contribution in [-0.2, 0) is 19.1 Å². The quantitative estimate of drug-likeness (QED) is 0.474. The van der Waals surface area contributed by atoms with Crippen LogP contribution in [0.5, 0.6) is 0 Å². The predicted molar refractivity (Wildman–Crippen MR) is 98.2 cm³/mol. The molecule has 2 aromatic rings. The average molecular weight is 367 g/mol. The first kappa shape index (κ1) is 17.8. The number of hydrogen-bond donors (Lipinski definition) is 0. The van der Waals surface area contributed by atoms with E-state index >= 15 is 0 Å². The van der Waals surface area contributed by atoms with E-state index in [0.29, 0.717) is 21.7 Å². The largest absolute Gasteiger partial charge is 0.468 e. The smallest absolute Gasteiger partial charge is 0.333 e. The van der Waals surface area contributed by atoms with Crippen LogP contribution in [0.3, 0.4) is 0 Å². The Morgan fingerprint density at radius 3 is 2.00 bits per heavy atom. The fraction of sp³-hybridized carbons (Fsp3) is 0.143. The van der Waals surface area contributed by atoms with E-state index < -0.39 is 17.4 Å². The monoisotopic (exact) mass is 366 g/mol. The molecule has 0 bridgehead atoms. The highest BCUT2D eigenvalue weighted by atomic mass is 35.5. The molecule has 0 aromatic heterocycles. The Morgan fingerprint density at radius 2 is 1.46 bits per heavy atom. The second-order valence-corrected chi connectivity index (χ2v) is 6.04. The van der Waals surface area contributed by atoms with E-state index in [4.69, 9.17) is 21.1 Å². The number of carbonyl (C=O) groups is 2. The van der Waals surface area contributed by atoms with Crippen LogP contribution in [0.25, 0.3) is 5.57 Å². The molecule has 0 amide bonds. The molecule has 4 nitrogen and oxygen atoms in total. The minimum atomic E-state index is -1.63. The van der Waals surface area contributed by atoms with Gasteiger partial charge in [0, 0.05) is 21.7 Å². The molecule has 0 unspecified atom stereocenters. The molecule has 0 heterocycles. The van der Waals surface area contributed by atoms with E-state index in [1.807, 2.05) is 30.3 Å². The molecule has 0 spiro atoms. The molecule has 3 rings (SSSR count). The number of halogens is 1. The molecule has 5 heteroatoms. The van der Waals surface area contributed by atoms with Gasteiger partial charge in [0.15, 0.2) is 0 Å². The Morgan fingerprint density at radius 1 is 0.885 bits per heavy atom. The molecule has 0 N–H and O–H groups in total. The zero-order chi connectivity index (χ0) is 18.7. The van der Waals surface area contributed by atoms with Gasteiger partial charge in [-0.25, -0.2) is 0 Å². The number of ether oxygens (including phenoxy) is 2. The van der Waals surface area contributed by atoms with Gasteiger partial charge >= 0.3 is 11.9 Å². The van der Waals surface area contributed by atoms with Gasteiger partial charge in [0.1, 0.15) is 0 Å². The van der Waals surface area contributed by atoms with Crippen LogP contribution in [0.15, 0.2) is 60.2 Å². The summed E-state index contributed by atoms with van der Waals surface area (Å²) in [5.41, 5.74) is 0.672. The summed E-state index contributed by atoms with van der Waals surface area (Å²) in [5.74, 6) is 4.50. The van der Waals surface area contributed by atoms with Gasteiger partial charge < -0.3 is 9.47 Å². The Bertz CT molecular complexity index is 931. The maximum Gasteiger partial charge on any atom is 0.333 e. The zero-order valence-electron chi connectivity index (χ0n) is 14.2. The molecule has 0 aliphatic heterocycles. The summed E-state index contributed by atoms with van der Waals surface area (Å²) >= 11 is 5.94. The molecule has 1 aliphatic carbocycles. The molecule has 130 valence electrons. The minimum absolute atomic E-state index is 0.377. The summed E-state index contributed by atoms with van der Waals surface area (Å²) in [7, 11) is 2.46. The summed E-state index contributed by atoms with van der Waals surface area (Å²) in [4.78, 5) is 25.0. The molecule has 0 atom stereocenters. The van der Waals surface area contributed by atoms with Crippen molar-refractivity contribution in [1.29, 1.82) is 0 Å². The van der Waals surface area contributed by atoms with Crippen molar-refractivity contribution in [3.8, 4) is 11.8 Å². The Labute approximate surface area is 156 Å². The second-order valence-electron chi connectivity index (χ2n) is 5.61. The van der Waals surface area contributed by atoms with Gasteiger partial charge in [0.05, 0.1) is 14.2 Å². The number of esters is 2. The van der Waals surface area contributed by atoms with Crippen molar-refractivity contribution in [2.24, 2.45) is 5.41 Å². The molecular formula is C21H15ClO4. The van der Waals surface area contributed by atoms with Crippen molar-refractivity contribution in [3.63, 3.8) is 0 Å². The van der Waals surface area contributed by atoms with Gasteiger partial charge in [-0.15, -0.1) is 0 Å². The molecule has 1 aliphatic rings. The van der Waals surface area contributed by atoms with Gasteiger partial charge in [-0.1, -0.05) is 53.8 Å². The molecule has 26 heavy (non-hydrogen) atoms. The normalized spacial score (nSPS) is 14.1. The lowest BCUT2D eigenvalue weighted by Gasteiger charge is -2.14. The summed E-state index contributed by atoms with van der Waals surface area (Å²) in [6.07, 6.45) is 0. The first-order chi connectivity index (χ1) is 12.6. The number of hydrogen-bond acceptors (Lipinski definition) is 4. The van der Waals surface area contributed by atoms with Gasteiger partial charge in [0.2, 0.25) is 5.41 Å². The fourth-order valence-corrected chi connectivity index (χ4v) is 2.99. The summed E-state index contributed by atoms with van der Waals surface area (Å²) in [5, 5.41) is 0.550. The zero-order valence-corrected chi connectivity index (χ0v) is 15.0. The minimum Gasteiger partial charge on any atom is -0.468 e. The SMILES string of the molecule is COC(=O)C1(C(=O)OC)C(C#Cc2ccccc2)=C1c1ccc(Cl)cc1. The first-order valence-corrected chi connectivity index (χ1v) is 8.18. The van der Waals surface area contributed by atoms with E-state index in [-0.39, 0.29) is 0 Å². The van der Waals surface area contributed by atoms with Crippen LogP contribution in [0, 0.1) is 17.3 Å². The van der Waals surface area contributed by atoms with Crippen LogP contribution in [0.2, 0.25) is 5.02 Å². The number of rotatable bonds is 3. The van der Waals surface area contributed by atoms with Gasteiger partial charge in [-0.3, -0.25) is 9.59 Å². The average Bonchev–Trinajstić information content (AvgIpc) is 3.36. The molecule has 0 saturated carbocycles.